The van der Waals surface area contributed by atoms with Gasteiger partial charge in [-0.15, -0.1) is 0 Å². The second kappa shape index (κ2) is 78.9. The largest absolute Gasteiger partial charge is 0.756 e. The number of rotatable bonds is 84. The molecule has 0 fully saturated rings. The Morgan fingerprint density at radius 3 is 0.763 bits per heavy atom. The standard InChI is InChI=1S/C87H172NO8P/c1-6-8-10-12-14-16-18-20-22-24-26-28-30-32-34-36-38-40-41-42-43-44-45-46-48-49-51-53-55-57-59-61-63-65-67-69-71-73-75-77-79-86(89)93-83-85(84-95-97(91,92)94-82-81-88(3,4)5)96-87(90)80-78-76-74-72-70-68-66-64-62-60-58-56-54-52-50-47-39-37-35-33-31-29-27-25-23-21-19-17-15-13-11-9-7-2/h25,27,85H,6-24,26,28-84H2,1-5H3/b27-25-. The molecule has 0 heterocycles. The Balaban J connectivity index is 3.83. The smallest absolute Gasteiger partial charge is 0.306 e. The molecule has 0 aromatic heterocycles. The van der Waals surface area contributed by atoms with Crippen LogP contribution in [0.5, 0.6) is 0 Å². The predicted octanol–water partition coefficient (Wildman–Crippen LogP) is 28.7. The SMILES string of the molecule is CCCCCCCCCC/C=C\CCCCCCCCCCCCCCCCCCCCCCCC(=O)OC(COC(=O)CCCCCCCCCCCCCCCCCCCCCCCCCCCCCCCCCCCCCCCCCC)COP(=O)([O-])OCC[N+](C)(C)C. The molecule has 578 valence electrons. The van der Waals surface area contributed by atoms with E-state index in [4.69, 9.17) is 18.5 Å². The van der Waals surface area contributed by atoms with E-state index in [9.17, 15) is 19.0 Å². The van der Waals surface area contributed by atoms with Gasteiger partial charge in [0.1, 0.15) is 19.8 Å². The summed E-state index contributed by atoms with van der Waals surface area (Å²) in [6.45, 7) is 4.35. The van der Waals surface area contributed by atoms with Gasteiger partial charge in [0.05, 0.1) is 27.7 Å². The molecule has 0 aromatic carbocycles. The molecule has 10 heteroatoms. The summed E-state index contributed by atoms with van der Waals surface area (Å²) in [5.74, 6) is -0.801. The maximum absolute atomic E-state index is 12.9. The van der Waals surface area contributed by atoms with Gasteiger partial charge < -0.3 is 27.9 Å². The van der Waals surface area contributed by atoms with Crippen molar-refractivity contribution in [3.63, 3.8) is 0 Å². The van der Waals surface area contributed by atoms with Gasteiger partial charge in [0.25, 0.3) is 7.82 Å². The number of hydrogen-bond donors (Lipinski definition) is 0. The van der Waals surface area contributed by atoms with Crippen LogP contribution in [-0.2, 0) is 32.7 Å². The van der Waals surface area contributed by atoms with Crippen molar-refractivity contribution in [2.75, 3.05) is 47.5 Å². The van der Waals surface area contributed by atoms with Crippen LogP contribution >= 0.6 is 7.82 Å². The number of nitrogens with zero attached hydrogens (tertiary/aromatic N) is 1. The highest BCUT2D eigenvalue weighted by Gasteiger charge is 2.22. The quantitative estimate of drug-likeness (QED) is 0.0195. The number of likely N-dealkylation sites (N-methyl/N-ethyl adjacent to an activating group) is 1. The fraction of sp³-hybridized carbons (Fsp3) is 0.954. The van der Waals surface area contributed by atoms with Gasteiger partial charge in [0.15, 0.2) is 6.10 Å². The highest BCUT2D eigenvalue weighted by atomic mass is 31.2. The number of phosphoric acid groups is 1. The van der Waals surface area contributed by atoms with Crippen molar-refractivity contribution in [3.8, 4) is 0 Å². The zero-order valence-corrected chi connectivity index (χ0v) is 67.2. The molecule has 9 nitrogen and oxygen atoms in total. The first-order chi connectivity index (χ1) is 47.5. The number of ether oxygens (including phenoxy) is 2. The number of esters is 2. The Hall–Kier alpha value is -1.25. The minimum Gasteiger partial charge on any atom is -0.756 e. The van der Waals surface area contributed by atoms with E-state index in [0.29, 0.717) is 17.4 Å². The minimum absolute atomic E-state index is 0.0255. The third kappa shape index (κ3) is 83.6. The summed E-state index contributed by atoms with van der Waals surface area (Å²) in [7, 11) is 1.20. The van der Waals surface area contributed by atoms with Crippen molar-refractivity contribution >= 4 is 19.8 Å². The van der Waals surface area contributed by atoms with E-state index in [1.54, 1.807) is 0 Å². The fourth-order valence-corrected chi connectivity index (χ4v) is 14.6. The topological polar surface area (TPSA) is 111 Å². The van der Waals surface area contributed by atoms with E-state index in [1.807, 2.05) is 21.1 Å². The Morgan fingerprint density at radius 1 is 0.309 bits per heavy atom. The van der Waals surface area contributed by atoms with Gasteiger partial charge in [-0.3, -0.25) is 14.2 Å². The Morgan fingerprint density at radius 2 is 0.526 bits per heavy atom. The van der Waals surface area contributed by atoms with E-state index in [-0.39, 0.29) is 32.0 Å². The van der Waals surface area contributed by atoms with Gasteiger partial charge in [-0.1, -0.05) is 443 Å². The molecule has 0 saturated carbocycles. The second-order valence-electron chi connectivity index (χ2n) is 31.6. The van der Waals surface area contributed by atoms with Crippen LogP contribution in [0.4, 0.5) is 0 Å². The summed E-state index contributed by atoms with van der Waals surface area (Å²) >= 11 is 0. The lowest BCUT2D eigenvalue weighted by Gasteiger charge is -2.28. The van der Waals surface area contributed by atoms with Crippen molar-refractivity contribution in [1.29, 1.82) is 0 Å². The van der Waals surface area contributed by atoms with Crippen molar-refractivity contribution in [3.05, 3.63) is 12.2 Å². The van der Waals surface area contributed by atoms with Crippen LogP contribution in [0.2, 0.25) is 0 Å². The van der Waals surface area contributed by atoms with Crippen LogP contribution in [0.25, 0.3) is 0 Å². The van der Waals surface area contributed by atoms with Gasteiger partial charge in [0.2, 0.25) is 0 Å². The van der Waals surface area contributed by atoms with Crippen LogP contribution < -0.4 is 4.89 Å². The molecule has 0 aliphatic carbocycles. The van der Waals surface area contributed by atoms with Crippen LogP contribution in [0.15, 0.2) is 12.2 Å². The van der Waals surface area contributed by atoms with Crippen LogP contribution in [0, 0.1) is 0 Å². The minimum atomic E-state index is -4.64. The Kier molecular flexibility index (Phi) is 77.9. The van der Waals surface area contributed by atoms with Crippen molar-refractivity contribution in [2.45, 2.75) is 489 Å². The molecule has 0 radical (unpaired) electrons. The summed E-state index contributed by atoms with van der Waals surface area (Å²) in [5.41, 5.74) is 0. The first-order valence-corrected chi connectivity index (χ1v) is 45.4. The predicted molar refractivity (Wildman–Crippen MR) is 421 cm³/mol. The highest BCUT2D eigenvalue weighted by molar-refractivity contribution is 7.45. The van der Waals surface area contributed by atoms with Crippen LogP contribution in [0.3, 0.4) is 0 Å². The highest BCUT2D eigenvalue weighted by Crippen LogP contribution is 2.38. The molecule has 0 aromatic rings. The number of carbonyl (C=O) groups is 2. The van der Waals surface area contributed by atoms with E-state index in [2.05, 4.69) is 26.0 Å². The molecule has 0 saturated heterocycles. The normalized spacial score (nSPS) is 12.9. The molecule has 0 amide bonds. The number of allylic oxidation sites excluding steroid dienone is 2. The van der Waals surface area contributed by atoms with E-state index in [1.165, 1.54) is 417 Å². The first-order valence-electron chi connectivity index (χ1n) is 43.9. The first kappa shape index (κ1) is 95.8. The lowest BCUT2D eigenvalue weighted by Crippen LogP contribution is -2.37. The Labute approximate surface area is 607 Å². The molecule has 0 spiro atoms. The molecular weight excluding hydrogens is 1220 g/mol. The third-order valence-electron chi connectivity index (χ3n) is 20.5. The maximum Gasteiger partial charge on any atom is 0.306 e. The summed E-state index contributed by atoms with van der Waals surface area (Å²) in [4.78, 5) is 38.2. The third-order valence-corrected chi connectivity index (χ3v) is 21.5. The summed E-state index contributed by atoms with van der Waals surface area (Å²) < 4.78 is 34.5. The zero-order chi connectivity index (χ0) is 70.4. The van der Waals surface area contributed by atoms with Crippen LogP contribution in [0.1, 0.15) is 483 Å². The monoisotopic (exact) mass is 1390 g/mol. The number of unbranched alkanes of at least 4 members (excludes halogenated alkanes) is 68. The molecule has 0 bridgehead atoms. The van der Waals surface area contributed by atoms with Gasteiger partial charge in [-0.25, -0.2) is 0 Å². The number of phosphoric ester groups is 1. The number of hydrogen-bond acceptors (Lipinski definition) is 8. The number of quaternary nitrogens is 1. The van der Waals surface area contributed by atoms with Crippen molar-refractivity contribution in [2.24, 2.45) is 0 Å². The van der Waals surface area contributed by atoms with Gasteiger partial charge in [-0.2, -0.15) is 0 Å². The molecule has 0 N–H and O–H groups in total. The molecule has 0 aliphatic heterocycles. The average Bonchev–Trinajstić information content (AvgIpc) is 1.58. The maximum atomic E-state index is 12.9. The van der Waals surface area contributed by atoms with Crippen LogP contribution in [-0.4, -0.2) is 70.0 Å². The van der Waals surface area contributed by atoms with Gasteiger partial charge >= 0.3 is 11.9 Å². The molecule has 2 unspecified atom stereocenters. The molecule has 0 rings (SSSR count). The van der Waals surface area contributed by atoms with Crippen molar-refractivity contribution < 1.29 is 42.1 Å². The van der Waals surface area contributed by atoms with Gasteiger partial charge in [0, 0.05) is 12.8 Å². The molecule has 0 aliphatic rings. The lowest BCUT2D eigenvalue weighted by molar-refractivity contribution is -0.870. The molecule has 97 heavy (non-hydrogen) atoms. The number of carbonyl (C=O) groups excluding carboxylic acids is 2. The molecular formula is C87H172NO8P. The summed E-state index contributed by atoms with van der Waals surface area (Å²) in [6.07, 6.45) is 101. The van der Waals surface area contributed by atoms with E-state index >= 15 is 0 Å². The zero-order valence-electron chi connectivity index (χ0n) is 66.3. The lowest BCUT2D eigenvalue weighted by atomic mass is 10.0. The summed E-state index contributed by atoms with van der Waals surface area (Å²) in [6, 6.07) is 0. The van der Waals surface area contributed by atoms with Gasteiger partial charge in [-0.05, 0) is 38.5 Å². The second-order valence-corrected chi connectivity index (χ2v) is 33.0. The fourth-order valence-electron chi connectivity index (χ4n) is 13.8. The van der Waals surface area contributed by atoms with E-state index in [0.717, 1.165) is 32.1 Å². The molecule has 2 atom stereocenters. The summed E-state index contributed by atoms with van der Waals surface area (Å²) in [5, 5.41) is 0. The van der Waals surface area contributed by atoms with Crippen molar-refractivity contribution in [1.82, 2.24) is 0 Å². The Bertz CT molecular complexity index is 1640. The average molecular weight is 1390 g/mol. The van der Waals surface area contributed by atoms with E-state index < -0.39 is 26.5 Å².